The summed E-state index contributed by atoms with van der Waals surface area (Å²) >= 11 is 0. The van der Waals surface area contributed by atoms with Crippen molar-refractivity contribution in [2.45, 2.75) is 46.3 Å². The molecule has 1 N–H and O–H groups in total. The molecule has 1 atom stereocenters. The zero-order valence-electron chi connectivity index (χ0n) is 12.8. The standard InChI is InChI=1S/C16H26N2O2/c1-12(2)9-17-10-15-16(7-6-13(3)18-15)20-11-14-5-4-8-19-14/h6-7,12,14,17H,4-5,8-11H2,1-3H3. The minimum Gasteiger partial charge on any atom is -0.489 e. The largest absolute Gasteiger partial charge is 0.489 e. The molecule has 1 aliphatic heterocycles. The number of hydrogen-bond donors (Lipinski definition) is 1. The fourth-order valence-electron chi connectivity index (χ4n) is 2.29. The van der Waals surface area contributed by atoms with Crippen LogP contribution in [0.1, 0.15) is 38.1 Å². The Bertz CT molecular complexity index is 415. The molecule has 1 unspecified atom stereocenters. The summed E-state index contributed by atoms with van der Waals surface area (Å²) in [4.78, 5) is 4.59. The molecule has 2 heterocycles. The summed E-state index contributed by atoms with van der Waals surface area (Å²) in [7, 11) is 0. The van der Waals surface area contributed by atoms with Crippen molar-refractivity contribution in [3.05, 3.63) is 23.5 Å². The number of nitrogens with zero attached hydrogens (tertiary/aromatic N) is 1. The second-order valence-electron chi connectivity index (χ2n) is 5.87. The van der Waals surface area contributed by atoms with Gasteiger partial charge in [0.15, 0.2) is 0 Å². The normalized spacial score (nSPS) is 18.7. The summed E-state index contributed by atoms with van der Waals surface area (Å²) in [6, 6.07) is 4.01. The van der Waals surface area contributed by atoms with Gasteiger partial charge in [0.05, 0.1) is 11.8 Å². The Labute approximate surface area is 121 Å². The van der Waals surface area contributed by atoms with Crippen LogP contribution in [-0.2, 0) is 11.3 Å². The van der Waals surface area contributed by atoms with E-state index in [9.17, 15) is 0 Å². The molecule has 112 valence electrons. The van der Waals surface area contributed by atoms with Crippen molar-refractivity contribution in [2.75, 3.05) is 19.8 Å². The van der Waals surface area contributed by atoms with Crippen LogP contribution in [0.25, 0.3) is 0 Å². The zero-order chi connectivity index (χ0) is 14.4. The van der Waals surface area contributed by atoms with Crippen molar-refractivity contribution >= 4 is 0 Å². The first-order valence-corrected chi connectivity index (χ1v) is 7.57. The number of hydrogen-bond acceptors (Lipinski definition) is 4. The summed E-state index contributed by atoms with van der Waals surface area (Å²) in [6.07, 6.45) is 2.48. The number of rotatable bonds is 7. The van der Waals surface area contributed by atoms with Gasteiger partial charge in [-0.3, -0.25) is 4.98 Å². The lowest BCUT2D eigenvalue weighted by Gasteiger charge is -2.15. The molecule has 1 saturated heterocycles. The van der Waals surface area contributed by atoms with Crippen LogP contribution in [0.4, 0.5) is 0 Å². The number of nitrogens with one attached hydrogen (secondary N) is 1. The molecule has 0 spiro atoms. The van der Waals surface area contributed by atoms with Crippen LogP contribution >= 0.6 is 0 Å². The molecular weight excluding hydrogens is 252 g/mol. The first kappa shape index (κ1) is 15.3. The Kier molecular flexibility index (Phi) is 5.80. The third kappa shape index (κ3) is 4.76. The van der Waals surface area contributed by atoms with Crippen molar-refractivity contribution in [2.24, 2.45) is 5.92 Å². The van der Waals surface area contributed by atoms with Crippen molar-refractivity contribution in [1.82, 2.24) is 10.3 Å². The number of aromatic nitrogens is 1. The Morgan fingerprint density at radius 1 is 1.45 bits per heavy atom. The van der Waals surface area contributed by atoms with Crippen LogP contribution in [0.5, 0.6) is 5.75 Å². The average molecular weight is 278 g/mol. The van der Waals surface area contributed by atoms with E-state index >= 15 is 0 Å². The molecule has 20 heavy (non-hydrogen) atoms. The van der Waals surface area contributed by atoms with Gasteiger partial charge in [-0.05, 0) is 44.4 Å². The van der Waals surface area contributed by atoms with Crippen molar-refractivity contribution in [1.29, 1.82) is 0 Å². The maximum atomic E-state index is 5.91. The molecule has 1 fully saturated rings. The highest BCUT2D eigenvalue weighted by atomic mass is 16.5. The van der Waals surface area contributed by atoms with Gasteiger partial charge < -0.3 is 14.8 Å². The molecule has 0 aromatic carbocycles. The molecule has 0 radical (unpaired) electrons. The number of aryl methyl sites for hydroxylation is 1. The summed E-state index contributed by atoms with van der Waals surface area (Å²) < 4.78 is 11.5. The van der Waals surface area contributed by atoms with Crippen molar-refractivity contribution in [3.8, 4) is 5.75 Å². The number of pyridine rings is 1. The lowest BCUT2D eigenvalue weighted by Crippen LogP contribution is -2.21. The Balaban J connectivity index is 1.91. The Morgan fingerprint density at radius 3 is 3.00 bits per heavy atom. The van der Waals surface area contributed by atoms with E-state index in [-0.39, 0.29) is 6.10 Å². The summed E-state index contributed by atoms with van der Waals surface area (Å²) in [6.45, 7) is 9.64. The smallest absolute Gasteiger partial charge is 0.142 e. The Hall–Kier alpha value is -1.13. The van der Waals surface area contributed by atoms with E-state index in [0.29, 0.717) is 12.5 Å². The van der Waals surface area contributed by atoms with E-state index in [0.717, 1.165) is 49.7 Å². The SMILES string of the molecule is Cc1ccc(OCC2CCCO2)c(CNCC(C)C)n1. The summed E-state index contributed by atoms with van der Waals surface area (Å²) in [5, 5.41) is 3.42. The van der Waals surface area contributed by atoms with Crippen LogP contribution in [0, 0.1) is 12.8 Å². The van der Waals surface area contributed by atoms with E-state index in [4.69, 9.17) is 9.47 Å². The monoisotopic (exact) mass is 278 g/mol. The van der Waals surface area contributed by atoms with Gasteiger partial charge in [-0.15, -0.1) is 0 Å². The maximum Gasteiger partial charge on any atom is 0.142 e. The Morgan fingerprint density at radius 2 is 2.30 bits per heavy atom. The van der Waals surface area contributed by atoms with Gasteiger partial charge in [-0.2, -0.15) is 0 Å². The topological polar surface area (TPSA) is 43.4 Å². The third-order valence-corrected chi connectivity index (χ3v) is 3.37. The van der Waals surface area contributed by atoms with Crippen LogP contribution in [-0.4, -0.2) is 30.8 Å². The highest BCUT2D eigenvalue weighted by molar-refractivity contribution is 5.29. The van der Waals surface area contributed by atoms with E-state index in [2.05, 4.69) is 24.1 Å². The van der Waals surface area contributed by atoms with E-state index < -0.39 is 0 Å². The fraction of sp³-hybridized carbons (Fsp3) is 0.688. The zero-order valence-corrected chi connectivity index (χ0v) is 12.8. The van der Waals surface area contributed by atoms with E-state index in [1.807, 2.05) is 19.1 Å². The van der Waals surface area contributed by atoms with Gasteiger partial charge in [-0.1, -0.05) is 13.8 Å². The molecular formula is C16H26N2O2. The lowest BCUT2D eigenvalue weighted by molar-refractivity contribution is 0.0674. The molecule has 0 amide bonds. The molecule has 1 aliphatic rings. The van der Waals surface area contributed by atoms with Gasteiger partial charge in [0.2, 0.25) is 0 Å². The second-order valence-corrected chi connectivity index (χ2v) is 5.87. The highest BCUT2D eigenvalue weighted by Gasteiger charge is 2.17. The van der Waals surface area contributed by atoms with Crippen LogP contribution in [0.15, 0.2) is 12.1 Å². The van der Waals surface area contributed by atoms with Crippen LogP contribution < -0.4 is 10.1 Å². The number of ether oxygens (including phenoxy) is 2. The van der Waals surface area contributed by atoms with Gasteiger partial charge >= 0.3 is 0 Å². The molecule has 4 nitrogen and oxygen atoms in total. The van der Waals surface area contributed by atoms with Crippen LogP contribution in [0.2, 0.25) is 0 Å². The predicted molar refractivity (Wildman–Crippen MR) is 80.0 cm³/mol. The van der Waals surface area contributed by atoms with Gasteiger partial charge in [0.1, 0.15) is 12.4 Å². The third-order valence-electron chi connectivity index (χ3n) is 3.37. The minimum absolute atomic E-state index is 0.243. The summed E-state index contributed by atoms with van der Waals surface area (Å²) in [5.74, 6) is 1.51. The molecule has 0 bridgehead atoms. The predicted octanol–water partition coefficient (Wildman–Crippen LogP) is 2.69. The molecule has 0 saturated carbocycles. The van der Waals surface area contributed by atoms with E-state index in [1.165, 1.54) is 0 Å². The lowest BCUT2D eigenvalue weighted by atomic mass is 10.2. The maximum absolute atomic E-state index is 5.91. The molecule has 2 rings (SSSR count). The van der Waals surface area contributed by atoms with Crippen molar-refractivity contribution in [3.63, 3.8) is 0 Å². The first-order chi connectivity index (χ1) is 9.65. The van der Waals surface area contributed by atoms with Gasteiger partial charge in [0.25, 0.3) is 0 Å². The second kappa shape index (κ2) is 7.60. The molecule has 0 aliphatic carbocycles. The summed E-state index contributed by atoms with van der Waals surface area (Å²) in [5.41, 5.74) is 2.01. The van der Waals surface area contributed by atoms with Crippen LogP contribution in [0.3, 0.4) is 0 Å². The molecule has 1 aromatic rings. The van der Waals surface area contributed by atoms with Gasteiger partial charge in [0, 0.05) is 18.8 Å². The molecule has 4 heteroatoms. The fourth-order valence-corrected chi connectivity index (χ4v) is 2.29. The highest BCUT2D eigenvalue weighted by Crippen LogP contribution is 2.19. The molecule has 1 aromatic heterocycles. The van der Waals surface area contributed by atoms with Crippen molar-refractivity contribution < 1.29 is 9.47 Å². The average Bonchev–Trinajstić information content (AvgIpc) is 2.90. The minimum atomic E-state index is 0.243. The first-order valence-electron chi connectivity index (χ1n) is 7.57. The van der Waals surface area contributed by atoms with Gasteiger partial charge in [-0.25, -0.2) is 0 Å². The quantitative estimate of drug-likeness (QED) is 0.833. The van der Waals surface area contributed by atoms with E-state index in [1.54, 1.807) is 0 Å².